The van der Waals surface area contributed by atoms with Crippen LogP contribution >= 0.6 is 0 Å². The number of nitrogens with one attached hydrogen (secondary N) is 1. The standard InChI is InChI=1S/C29H36N8O2/c1-8-25(38)22-16-31-27(33-26-13-12-20(15-30-26)17-35(4)19(2)3)14-24(22)37(6)23-11-9-10-21(28(23)39-7)29-32-18-36(5)34-29/h9-16,18-19H,8,17H2,1-7H3,(H,30,31,33). The minimum Gasteiger partial charge on any atom is -0.494 e. The second kappa shape index (κ2) is 12.0. The Morgan fingerprint density at radius 3 is 2.44 bits per heavy atom. The molecule has 0 spiro atoms. The van der Waals surface area contributed by atoms with Gasteiger partial charge < -0.3 is 15.0 Å². The van der Waals surface area contributed by atoms with Crippen LogP contribution in [0.2, 0.25) is 0 Å². The first-order valence-corrected chi connectivity index (χ1v) is 12.9. The quantitative estimate of drug-likeness (QED) is 0.262. The predicted molar refractivity (Wildman–Crippen MR) is 154 cm³/mol. The smallest absolute Gasteiger partial charge is 0.184 e. The highest BCUT2D eigenvalue weighted by Gasteiger charge is 2.22. The Balaban J connectivity index is 1.68. The molecule has 1 aromatic carbocycles. The number of nitrogens with zero attached hydrogens (tertiary/aromatic N) is 7. The van der Waals surface area contributed by atoms with E-state index < -0.39 is 0 Å². The molecule has 0 aliphatic heterocycles. The predicted octanol–water partition coefficient (Wildman–Crippen LogP) is 5.23. The second-order valence-electron chi connectivity index (χ2n) is 9.71. The lowest BCUT2D eigenvalue weighted by atomic mass is 10.1. The molecular weight excluding hydrogens is 492 g/mol. The number of hydrogen-bond acceptors (Lipinski definition) is 9. The highest BCUT2D eigenvalue weighted by Crippen LogP contribution is 2.40. The van der Waals surface area contributed by atoms with Crippen LogP contribution in [0.5, 0.6) is 5.75 Å². The highest BCUT2D eigenvalue weighted by molar-refractivity contribution is 6.02. The van der Waals surface area contributed by atoms with Crippen molar-refractivity contribution in [3.05, 3.63) is 66.2 Å². The number of para-hydroxylation sites is 1. The van der Waals surface area contributed by atoms with Crippen molar-refractivity contribution in [2.75, 3.05) is 31.4 Å². The third-order valence-electron chi connectivity index (χ3n) is 6.66. The number of benzene rings is 1. The van der Waals surface area contributed by atoms with Crippen LogP contribution in [0.4, 0.5) is 23.0 Å². The van der Waals surface area contributed by atoms with Gasteiger partial charge in [-0.25, -0.2) is 15.0 Å². The van der Waals surface area contributed by atoms with Crippen molar-refractivity contribution in [1.82, 2.24) is 29.6 Å². The lowest BCUT2D eigenvalue weighted by molar-refractivity contribution is 0.0988. The van der Waals surface area contributed by atoms with E-state index >= 15 is 0 Å². The second-order valence-corrected chi connectivity index (χ2v) is 9.71. The third-order valence-corrected chi connectivity index (χ3v) is 6.66. The normalized spacial score (nSPS) is 11.2. The minimum absolute atomic E-state index is 0.00540. The van der Waals surface area contributed by atoms with E-state index in [9.17, 15) is 4.79 Å². The average Bonchev–Trinajstić information content (AvgIpc) is 3.38. The van der Waals surface area contributed by atoms with Crippen LogP contribution in [0.3, 0.4) is 0 Å². The number of rotatable bonds is 11. The summed E-state index contributed by atoms with van der Waals surface area (Å²) in [5.74, 6) is 2.40. The molecule has 4 rings (SSSR count). The summed E-state index contributed by atoms with van der Waals surface area (Å²) in [7, 11) is 7.43. The molecule has 0 amide bonds. The summed E-state index contributed by atoms with van der Waals surface area (Å²) in [6.07, 6.45) is 5.49. The lowest BCUT2D eigenvalue weighted by Crippen LogP contribution is -2.25. The maximum atomic E-state index is 12.9. The Hall–Kier alpha value is -4.31. The fraction of sp³-hybridized carbons (Fsp3) is 0.345. The Bertz CT molecular complexity index is 1430. The molecule has 10 nitrogen and oxygen atoms in total. The van der Waals surface area contributed by atoms with Crippen molar-refractivity contribution in [2.24, 2.45) is 7.05 Å². The van der Waals surface area contributed by atoms with Gasteiger partial charge >= 0.3 is 0 Å². The van der Waals surface area contributed by atoms with Gasteiger partial charge in [0.05, 0.1) is 29.6 Å². The van der Waals surface area contributed by atoms with Crippen molar-refractivity contribution < 1.29 is 9.53 Å². The Morgan fingerprint density at radius 1 is 1.05 bits per heavy atom. The molecule has 0 bridgehead atoms. The first-order chi connectivity index (χ1) is 18.7. The fourth-order valence-electron chi connectivity index (χ4n) is 4.16. The number of aryl methyl sites for hydroxylation is 1. The van der Waals surface area contributed by atoms with Gasteiger partial charge in [0.1, 0.15) is 18.0 Å². The molecule has 3 aromatic heterocycles. The van der Waals surface area contributed by atoms with Crippen LogP contribution in [-0.4, -0.2) is 62.7 Å². The van der Waals surface area contributed by atoms with E-state index in [1.165, 1.54) is 0 Å². The van der Waals surface area contributed by atoms with E-state index in [1.807, 2.05) is 62.4 Å². The van der Waals surface area contributed by atoms with Gasteiger partial charge in [-0.05, 0) is 44.7 Å². The number of Topliss-reactive ketones (excluding diaryl/α,β-unsaturated/α-hetero) is 1. The van der Waals surface area contributed by atoms with Crippen LogP contribution in [-0.2, 0) is 13.6 Å². The fourth-order valence-corrected chi connectivity index (χ4v) is 4.16. The van der Waals surface area contributed by atoms with Gasteiger partial charge in [0, 0.05) is 51.6 Å². The number of ketones is 1. The molecule has 0 aliphatic carbocycles. The summed E-state index contributed by atoms with van der Waals surface area (Å²) in [4.78, 5) is 30.6. The van der Waals surface area contributed by atoms with E-state index in [0.29, 0.717) is 46.9 Å². The first-order valence-electron chi connectivity index (χ1n) is 12.9. The SMILES string of the molecule is CCC(=O)c1cnc(Nc2ccc(CN(C)C(C)C)cn2)cc1N(C)c1cccc(-c2ncn(C)n2)c1OC. The minimum atomic E-state index is -0.00540. The van der Waals surface area contributed by atoms with Crippen molar-refractivity contribution in [3.8, 4) is 17.1 Å². The van der Waals surface area contributed by atoms with Gasteiger partial charge in [-0.15, -0.1) is 0 Å². The zero-order valence-electron chi connectivity index (χ0n) is 23.6. The summed E-state index contributed by atoms with van der Waals surface area (Å²) in [5.41, 5.74) is 3.86. The Morgan fingerprint density at radius 2 is 1.82 bits per heavy atom. The monoisotopic (exact) mass is 528 g/mol. The van der Waals surface area contributed by atoms with E-state index in [2.05, 4.69) is 57.2 Å². The van der Waals surface area contributed by atoms with Gasteiger partial charge in [0.25, 0.3) is 0 Å². The van der Waals surface area contributed by atoms with Crippen molar-refractivity contribution in [1.29, 1.82) is 0 Å². The van der Waals surface area contributed by atoms with Crippen LogP contribution in [0.15, 0.2) is 55.1 Å². The molecule has 204 valence electrons. The summed E-state index contributed by atoms with van der Waals surface area (Å²) >= 11 is 0. The molecule has 0 aliphatic rings. The number of carbonyl (C=O) groups is 1. The van der Waals surface area contributed by atoms with Crippen LogP contribution in [0.25, 0.3) is 11.4 Å². The molecule has 0 fully saturated rings. The molecule has 0 saturated heterocycles. The number of methoxy groups -OCH3 is 1. The molecule has 1 N–H and O–H groups in total. The lowest BCUT2D eigenvalue weighted by Gasteiger charge is -2.25. The van der Waals surface area contributed by atoms with E-state index in [0.717, 1.165) is 23.4 Å². The molecule has 0 saturated carbocycles. The molecule has 39 heavy (non-hydrogen) atoms. The first kappa shape index (κ1) is 27.7. The van der Waals surface area contributed by atoms with Crippen molar-refractivity contribution >= 4 is 28.8 Å². The Labute approximate surface area is 229 Å². The third kappa shape index (κ3) is 6.23. The maximum absolute atomic E-state index is 12.9. The molecule has 3 heterocycles. The van der Waals surface area contributed by atoms with Gasteiger partial charge in [-0.1, -0.05) is 19.1 Å². The Kier molecular flexibility index (Phi) is 8.55. The molecule has 0 unspecified atom stereocenters. The number of ether oxygens (including phenoxy) is 1. The van der Waals surface area contributed by atoms with Crippen LogP contribution in [0.1, 0.15) is 43.1 Å². The summed E-state index contributed by atoms with van der Waals surface area (Å²) in [6, 6.07) is 12.1. The topological polar surface area (TPSA) is 101 Å². The van der Waals surface area contributed by atoms with Gasteiger partial charge in [0.2, 0.25) is 0 Å². The van der Waals surface area contributed by atoms with Gasteiger partial charge in [0.15, 0.2) is 17.4 Å². The molecule has 0 atom stereocenters. The number of aromatic nitrogens is 5. The van der Waals surface area contributed by atoms with Crippen LogP contribution in [0, 0.1) is 0 Å². The van der Waals surface area contributed by atoms with Gasteiger partial charge in [-0.3, -0.25) is 14.4 Å². The maximum Gasteiger partial charge on any atom is 0.184 e. The highest BCUT2D eigenvalue weighted by atomic mass is 16.5. The zero-order valence-corrected chi connectivity index (χ0v) is 23.6. The molecule has 4 aromatic rings. The van der Waals surface area contributed by atoms with Crippen molar-refractivity contribution in [3.63, 3.8) is 0 Å². The number of carbonyl (C=O) groups excluding carboxylic acids is 1. The van der Waals surface area contributed by atoms with E-state index in [4.69, 9.17) is 4.74 Å². The molecule has 10 heteroatoms. The van der Waals surface area contributed by atoms with Gasteiger partial charge in [-0.2, -0.15) is 5.10 Å². The van der Waals surface area contributed by atoms with E-state index in [-0.39, 0.29) is 5.78 Å². The summed E-state index contributed by atoms with van der Waals surface area (Å²) < 4.78 is 7.47. The average molecular weight is 529 g/mol. The number of anilines is 4. The largest absolute Gasteiger partial charge is 0.494 e. The summed E-state index contributed by atoms with van der Waals surface area (Å²) in [6.45, 7) is 6.99. The number of pyridine rings is 2. The number of hydrogen-bond donors (Lipinski definition) is 1. The molecule has 0 radical (unpaired) electrons. The van der Waals surface area contributed by atoms with Crippen molar-refractivity contribution in [2.45, 2.75) is 39.8 Å². The summed E-state index contributed by atoms with van der Waals surface area (Å²) in [5, 5.41) is 7.72. The zero-order chi connectivity index (χ0) is 28.1. The van der Waals surface area contributed by atoms with E-state index in [1.54, 1.807) is 24.3 Å². The van der Waals surface area contributed by atoms with Crippen LogP contribution < -0.4 is 15.0 Å². The molecular formula is C29H36N8O2.